The second-order valence-electron chi connectivity index (χ2n) is 8.68. The predicted octanol–water partition coefficient (Wildman–Crippen LogP) is 3.60. The number of rotatable bonds is 10. The van der Waals surface area contributed by atoms with Gasteiger partial charge in [0, 0.05) is 25.4 Å². The first-order chi connectivity index (χ1) is 16.0. The van der Waals surface area contributed by atoms with E-state index in [1.54, 1.807) is 11.0 Å². The minimum atomic E-state index is -0.732. The fraction of sp³-hybridized carbons (Fsp3) is 0.444. The summed E-state index contributed by atoms with van der Waals surface area (Å²) in [5.74, 6) is -0.541. The number of carbonyl (C=O) groups is 3. The van der Waals surface area contributed by atoms with Crippen LogP contribution < -0.4 is 10.6 Å². The van der Waals surface area contributed by atoms with Gasteiger partial charge in [-0.25, -0.2) is 0 Å². The summed E-state index contributed by atoms with van der Waals surface area (Å²) in [7, 11) is 0. The van der Waals surface area contributed by atoms with Gasteiger partial charge in [0.15, 0.2) is 0 Å². The van der Waals surface area contributed by atoms with E-state index >= 15 is 0 Å². The zero-order valence-electron chi connectivity index (χ0n) is 19.7. The Morgan fingerprint density at radius 2 is 1.85 bits per heavy atom. The fourth-order valence-electron chi connectivity index (χ4n) is 4.55. The minimum Gasteiger partial charge on any atom is -0.351 e. The highest BCUT2D eigenvalue weighted by Gasteiger charge is 2.37. The number of carbonyl (C=O) groups excluding carboxylic acids is 3. The van der Waals surface area contributed by atoms with Crippen LogP contribution >= 0.6 is 0 Å². The van der Waals surface area contributed by atoms with Gasteiger partial charge >= 0.3 is 0 Å². The van der Waals surface area contributed by atoms with Gasteiger partial charge in [0.05, 0.1) is 0 Å². The van der Waals surface area contributed by atoms with Crippen molar-refractivity contribution < 1.29 is 14.4 Å². The topological polar surface area (TPSA) is 78.5 Å². The molecule has 0 aliphatic carbocycles. The summed E-state index contributed by atoms with van der Waals surface area (Å²) in [4.78, 5) is 40.8. The van der Waals surface area contributed by atoms with E-state index in [4.69, 9.17) is 0 Å². The van der Waals surface area contributed by atoms with Gasteiger partial charge in [0.1, 0.15) is 12.1 Å². The molecular formula is C27H35N3O3. The molecule has 33 heavy (non-hydrogen) atoms. The molecule has 1 saturated heterocycles. The summed E-state index contributed by atoms with van der Waals surface area (Å²) in [6.07, 6.45) is 4.91. The Hall–Kier alpha value is -3.15. The van der Waals surface area contributed by atoms with Crippen molar-refractivity contribution in [2.45, 2.75) is 58.0 Å². The molecule has 0 spiro atoms. The zero-order valence-corrected chi connectivity index (χ0v) is 19.7. The maximum atomic E-state index is 13.2. The van der Waals surface area contributed by atoms with E-state index in [1.165, 1.54) is 0 Å². The second kappa shape index (κ2) is 11.6. The first-order valence-electron chi connectivity index (χ1n) is 12.0. The summed E-state index contributed by atoms with van der Waals surface area (Å²) >= 11 is 0. The monoisotopic (exact) mass is 449 g/mol. The Bertz CT molecular complexity index is 999. The predicted molar refractivity (Wildman–Crippen MR) is 132 cm³/mol. The standard InChI is InChI=1S/C27H35N3O3/c1-4-15-28-25(31)23(18-19-13-14-21-10-7-8-11-22(21)17-19)29-26(32)24-12-9-16-30(24)27(33)20(5-2)6-3/h4,7-8,10-11,13-14,17,20,23-24H,1,5-6,9,12,15-16,18H2,2-3H3,(H,28,31)(H,29,32)/t23-,24?/m0/s1. The molecule has 2 aromatic rings. The van der Waals surface area contributed by atoms with Gasteiger partial charge < -0.3 is 15.5 Å². The van der Waals surface area contributed by atoms with E-state index in [0.717, 1.165) is 35.6 Å². The molecule has 6 nitrogen and oxygen atoms in total. The van der Waals surface area contributed by atoms with Crippen LogP contribution in [0.25, 0.3) is 10.8 Å². The Kier molecular flexibility index (Phi) is 8.64. The lowest BCUT2D eigenvalue weighted by Crippen LogP contribution is -2.54. The third kappa shape index (κ3) is 6.01. The molecule has 0 aromatic heterocycles. The number of benzene rings is 2. The molecule has 1 fully saturated rings. The van der Waals surface area contributed by atoms with Crippen molar-refractivity contribution in [1.29, 1.82) is 0 Å². The number of nitrogens with one attached hydrogen (secondary N) is 2. The van der Waals surface area contributed by atoms with Gasteiger partial charge in [0.2, 0.25) is 17.7 Å². The number of fused-ring (bicyclic) bond motifs is 1. The highest BCUT2D eigenvalue weighted by Crippen LogP contribution is 2.23. The molecule has 1 heterocycles. The number of hydrogen-bond donors (Lipinski definition) is 2. The number of nitrogens with zero attached hydrogens (tertiary/aromatic N) is 1. The van der Waals surface area contributed by atoms with Crippen molar-refractivity contribution in [2.24, 2.45) is 5.92 Å². The van der Waals surface area contributed by atoms with E-state index in [2.05, 4.69) is 17.2 Å². The van der Waals surface area contributed by atoms with Crippen LogP contribution in [-0.4, -0.2) is 47.8 Å². The summed E-state index contributed by atoms with van der Waals surface area (Å²) in [6.45, 7) is 8.57. The summed E-state index contributed by atoms with van der Waals surface area (Å²) < 4.78 is 0. The van der Waals surface area contributed by atoms with Gasteiger partial charge in [-0.05, 0) is 42.0 Å². The Morgan fingerprint density at radius 3 is 2.55 bits per heavy atom. The van der Waals surface area contributed by atoms with Crippen LogP contribution in [0, 0.1) is 5.92 Å². The molecule has 0 saturated carbocycles. The van der Waals surface area contributed by atoms with Crippen LogP contribution in [0.1, 0.15) is 45.1 Å². The van der Waals surface area contributed by atoms with Gasteiger partial charge in [-0.3, -0.25) is 14.4 Å². The SMILES string of the molecule is C=CCNC(=O)[C@H](Cc1ccc2ccccc2c1)NC(=O)C1CCCN1C(=O)C(CC)CC. The summed E-state index contributed by atoms with van der Waals surface area (Å²) in [5.41, 5.74) is 0.962. The average Bonchev–Trinajstić information content (AvgIpc) is 3.33. The van der Waals surface area contributed by atoms with E-state index < -0.39 is 12.1 Å². The summed E-state index contributed by atoms with van der Waals surface area (Å²) in [5, 5.41) is 7.96. The molecule has 1 aliphatic heterocycles. The molecule has 1 unspecified atom stereocenters. The van der Waals surface area contributed by atoms with Crippen LogP contribution in [0.2, 0.25) is 0 Å². The normalized spacial score (nSPS) is 16.6. The molecule has 1 aliphatic rings. The van der Waals surface area contributed by atoms with Gasteiger partial charge in [-0.15, -0.1) is 6.58 Å². The quantitative estimate of drug-likeness (QED) is 0.544. The van der Waals surface area contributed by atoms with E-state index in [1.807, 2.05) is 56.3 Å². The van der Waals surface area contributed by atoms with Crippen LogP contribution in [0.4, 0.5) is 0 Å². The highest BCUT2D eigenvalue weighted by molar-refractivity contribution is 5.93. The maximum Gasteiger partial charge on any atom is 0.243 e. The largest absolute Gasteiger partial charge is 0.351 e. The molecule has 0 bridgehead atoms. The lowest BCUT2D eigenvalue weighted by atomic mass is 10.00. The molecule has 176 valence electrons. The lowest BCUT2D eigenvalue weighted by Gasteiger charge is -2.29. The smallest absolute Gasteiger partial charge is 0.243 e. The van der Waals surface area contributed by atoms with E-state index in [9.17, 15) is 14.4 Å². The Morgan fingerprint density at radius 1 is 1.12 bits per heavy atom. The van der Waals surface area contributed by atoms with Gasteiger partial charge in [-0.2, -0.15) is 0 Å². The van der Waals surface area contributed by atoms with Crippen LogP contribution in [0.3, 0.4) is 0 Å². The summed E-state index contributed by atoms with van der Waals surface area (Å²) in [6, 6.07) is 12.9. The Balaban J connectivity index is 1.77. The van der Waals surface area contributed by atoms with Gasteiger partial charge in [-0.1, -0.05) is 62.4 Å². The zero-order chi connectivity index (χ0) is 23.8. The maximum absolute atomic E-state index is 13.2. The van der Waals surface area contributed by atoms with Crippen molar-refractivity contribution in [2.75, 3.05) is 13.1 Å². The molecule has 2 N–H and O–H groups in total. The second-order valence-corrected chi connectivity index (χ2v) is 8.68. The Labute approximate surface area is 196 Å². The molecule has 6 heteroatoms. The van der Waals surface area contributed by atoms with Crippen molar-refractivity contribution in [3.8, 4) is 0 Å². The number of hydrogen-bond acceptors (Lipinski definition) is 3. The van der Waals surface area contributed by atoms with Crippen LogP contribution in [-0.2, 0) is 20.8 Å². The van der Waals surface area contributed by atoms with Crippen LogP contribution in [0.5, 0.6) is 0 Å². The molecule has 3 rings (SSSR count). The number of likely N-dealkylation sites (tertiary alicyclic amines) is 1. The van der Waals surface area contributed by atoms with Gasteiger partial charge in [0.25, 0.3) is 0 Å². The molecule has 3 amide bonds. The van der Waals surface area contributed by atoms with Crippen molar-refractivity contribution in [3.05, 3.63) is 60.7 Å². The third-order valence-corrected chi connectivity index (χ3v) is 6.48. The number of amides is 3. The van der Waals surface area contributed by atoms with E-state index in [0.29, 0.717) is 25.9 Å². The third-order valence-electron chi connectivity index (χ3n) is 6.48. The van der Waals surface area contributed by atoms with Crippen molar-refractivity contribution >= 4 is 28.5 Å². The van der Waals surface area contributed by atoms with Crippen molar-refractivity contribution in [3.63, 3.8) is 0 Å². The average molecular weight is 450 g/mol. The highest BCUT2D eigenvalue weighted by atomic mass is 16.2. The molecule has 2 atom stereocenters. The minimum absolute atomic E-state index is 0.0415. The first-order valence-corrected chi connectivity index (χ1v) is 12.0. The fourth-order valence-corrected chi connectivity index (χ4v) is 4.55. The first kappa shape index (κ1) is 24.5. The molecule has 0 radical (unpaired) electrons. The van der Waals surface area contributed by atoms with Crippen LogP contribution in [0.15, 0.2) is 55.1 Å². The molecule has 2 aromatic carbocycles. The lowest BCUT2D eigenvalue weighted by molar-refractivity contribution is -0.142. The van der Waals surface area contributed by atoms with E-state index in [-0.39, 0.29) is 23.6 Å². The van der Waals surface area contributed by atoms with Crippen molar-refractivity contribution in [1.82, 2.24) is 15.5 Å². The molecular weight excluding hydrogens is 414 g/mol.